The van der Waals surface area contributed by atoms with Gasteiger partial charge in [-0.25, -0.2) is 13.8 Å². The van der Waals surface area contributed by atoms with Gasteiger partial charge in [-0.1, -0.05) is 17.7 Å². The fraction of sp³-hybridized carbons (Fsp3) is 0.200. The van der Waals surface area contributed by atoms with Crippen molar-refractivity contribution >= 4 is 39.4 Å². The molecule has 0 unspecified atom stereocenters. The van der Waals surface area contributed by atoms with Crippen LogP contribution in [0.25, 0.3) is 5.69 Å². The third-order valence-electron chi connectivity index (χ3n) is 6.52. The molecular weight excluding hydrogens is 580 g/mol. The van der Waals surface area contributed by atoms with E-state index < -0.39 is 22.5 Å². The van der Waals surface area contributed by atoms with Crippen LogP contribution in [0.4, 0.5) is 5.69 Å². The zero-order chi connectivity index (χ0) is 30.4. The Kier molecular flexibility index (Phi) is 9.44. The number of sulfonamides is 1. The largest absolute Gasteiger partial charge is 0.497 e. The van der Waals surface area contributed by atoms with E-state index in [-0.39, 0.29) is 16.3 Å². The number of aryl methyl sites for hydroxylation is 1. The average molecular weight is 611 g/mol. The Morgan fingerprint density at radius 3 is 2.31 bits per heavy atom. The van der Waals surface area contributed by atoms with Crippen molar-refractivity contribution in [3.63, 3.8) is 0 Å². The Morgan fingerprint density at radius 2 is 1.67 bits per heavy atom. The number of aromatic nitrogens is 1. The molecule has 0 bridgehead atoms. The van der Waals surface area contributed by atoms with Gasteiger partial charge in [0.2, 0.25) is 0 Å². The van der Waals surface area contributed by atoms with Crippen LogP contribution in [-0.4, -0.2) is 53.0 Å². The number of hydrogen-bond donors (Lipinski definition) is 1. The molecule has 220 valence electrons. The molecule has 1 N–H and O–H groups in total. The monoisotopic (exact) mass is 610 g/mol. The van der Waals surface area contributed by atoms with E-state index in [1.165, 1.54) is 45.7 Å². The highest BCUT2D eigenvalue weighted by atomic mass is 35.5. The van der Waals surface area contributed by atoms with Crippen LogP contribution in [0.5, 0.6) is 17.2 Å². The summed E-state index contributed by atoms with van der Waals surface area (Å²) < 4.78 is 46.3. The summed E-state index contributed by atoms with van der Waals surface area (Å²) >= 11 is 6.17. The second-order valence-corrected chi connectivity index (χ2v) is 11.5. The van der Waals surface area contributed by atoms with Gasteiger partial charge in [0.1, 0.15) is 12.3 Å². The summed E-state index contributed by atoms with van der Waals surface area (Å²) in [6.45, 7) is 3.34. The SMILES string of the molecule is COc1ccc(N(CC(=O)N/N=C/c2cc(C)n(-c3cccc(Cl)c3)c2C)S(=O)(=O)c2ccc(OC)c(OC)c2)cc1. The molecule has 0 aliphatic carbocycles. The topological polar surface area (TPSA) is 111 Å². The smallest absolute Gasteiger partial charge is 0.264 e. The van der Waals surface area contributed by atoms with Crippen LogP contribution in [0, 0.1) is 13.8 Å². The number of halogens is 1. The molecule has 0 saturated carbocycles. The molecule has 0 fully saturated rings. The van der Waals surface area contributed by atoms with Crippen LogP contribution in [0.3, 0.4) is 0 Å². The molecule has 1 aromatic heterocycles. The Labute approximate surface area is 250 Å². The van der Waals surface area contributed by atoms with E-state index in [0.29, 0.717) is 16.5 Å². The first-order valence-electron chi connectivity index (χ1n) is 12.7. The first-order valence-corrected chi connectivity index (χ1v) is 14.6. The lowest BCUT2D eigenvalue weighted by Gasteiger charge is -2.24. The molecule has 0 aliphatic rings. The van der Waals surface area contributed by atoms with Crippen molar-refractivity contribution in [2.45, 2.75) is 18.7 Å². The summed E-state index contributed by atoms with van der Waals surface area (Å²) in [6, 6.07) is 20.0. The number of carbonyl (C=O) groups excluding carboxylic acids is 1. The maximum absolute atomic E-state index is 13.8. The quantitative estimate of drug-likeness (QED) is 0.186. The van der Waals surface area contributed by atoms with Gasteiger partial charge in [-0.2, -0.15) is 5.10 Å². The number of methoxy groups -OCH3 is 3. The van der Waals surface area contributed by atoms with E-state index in [1.807, 2.05) is 42.7 Å². The molecule has 1 amide bonds. The normalized spacial score (nSPS) is 11.4. The zero-order valence-electron chi connectivity index (χ0n) is 23.8. The van der Waals surface area contributed by atoms with Crippen molar-refractivity contribution in [1.82, 2.24) is 9.99 Å². The fourth-order valence-electron chi connectivity index (χ4n) is 4.44. The number of anilines is 1. The summed E-state index contributed by atoms with van der Waals surface area (Å²) in [6.07, 6.45) is 1.52. The number of nitrogens with zero attached hydrogens (tertiary/aromatic N) is 3. The Hall–Kier alpha value is -4.48. The Bertz CT molecular complexity index is 1720. The second-order valence-electron chi connectivity index (χ2n) is 9.16. The summed E-state index contributed by atoms with van der Waals surface area (Å²) in [4.78, 5) is 13.0. The molecule has 42 heavy (non-hydrogen) atoms. The number of benzene rings is 3. The highest BCUT2D eigenvalue weighted by molar-refractivity contribution is 7.92. The van der Waals surface area contributed by atoms with Gasteiger partial charge in [0, 0.05) is 33.7 Å². The lowest BCUT2D eigenvalue weighted by atomic mass is 10.2. The lowest BCUT2D eigenvalue weighted by Crippen LogP contribution is -2.39. The number of amides is 1. The number of rotatable bonds is 11. The number of hydrazone groups is 1. The number of hydrogen-bond acceptors (Lipinski definition) is 7. The Balaban J connectivity index is 1.59. The van der Waals surface area contributed by atoms with Crippen LogP contribution in [0.1, 0.15) is 17.0 Å². The van der Waals surface area contributed by atoms with E-state index >= 15 is 0 Å². The number of carbonyl (C=O) groups is 1. The van der Waals surface area contributed by atoms with Crippen LogP contribution >= 0.6 is 11.6 Å². The van der Waals surface area contributed by atoms with Gasteiger partial charge in [-0.3, -0.25) is 9.10 Å². The third-order valence-corrected chi connectivity index (χ3v) is 8.53. The first-order chi connectivity index (χ1) is 20.1. The molecule has 0 atom stereocenters. The van der Waals surface area contributed by atoms with Crippen LogP contribution < -0.4 is 23.9 Å². The predicted molar refractivity (Wildman–Crippen MR) is 163 cm³/mol. The second kappa shape index (κ2) is 13.0. The summed E-state index contributed by atoms with van der Waals surface area (Å²) in [7, 11) is 0.152. The van der Waals surface area contributed by atoms with Gasteiger partial charge in [-0.15, -0.1) is 0 Å². The van der Waals surface area contributed by atoms with E-state index in [4.69, 9.17) is 25.8 Å². The van der Waals surface area contributed by atoms with Gasteiger partial charge in [0.15, 0.2) is 11.5 Å². The molecule has 10 nitrogen and oxygen atoms in total. The van der Waals surface area contributed by atoms with Crippen molar-refractivity contribution in [3.8, 4) is 22.9 Å². The van der Waals surface area contributed by atoms with Crippen molar-refractivity contribution in [3.05, 3.63) is 94.8 Å². The van der Waals surface area contributed by atoms with Gasteiger partial charge in [-0.05, 0) is 74.5 Å². The molecule has 4 rings (SSSR count). The van der Waals surface area contributed by atoms with E-state index in [2.05, 4.69) is 10.5 Å². The minimum atomic E-state index is -4.22. The summed E-state index contributed by atoms with van der Waals surface area (Å²) in [5.41, 5.74) is 6.23. The molecular formula is C30H31ClN4O6S. The lowest BCUT2D eigenvalue weighted by molar-refractivity contribution is -0.119. The highest BCUT2D eigenvalue weighted by Gasteiger charge is 2.28. The van der Waals surface area contributed by atoms with Crippen LogP contribution in [0.15, 0.2) is 82.8 Å². The molecule has 1 heterocycles. The van der Waals surface area contributed by atoms with Crippen molar-refractivity contribution in [1.29, 1.82) is 0 Å². The Morgan fingerprint density at radius 1 is 0.952 bits per heavy atom. The molecule has 0 radical (unpaired) electrons. The van der Waals surface area contributed by atoms with Crippen molar-refractivity contribution < 1.29 is 27.4 Å². The first kappa shape index (κ1) is 30.5. The summed E-state index contributed by atoms with van der Waals surface area (Å²) in [5, 5.41) is 4.72. The highest BCUT2D eigenvalue weighted by Crippen LogP contribution is 2.32. The molecule has 0 saturated heterocycles. The van der Waals surface area contributed by atoms with Crippen molar-refractivity contribution in [2.75, 3.05) is 32.2 Å². The van der Waals surface area contributed by atoms with Gasteiger partial charge in [0.05, 0.1) is 38.1 Å². The van der Waals surface area contributed by atoms with Gasteiger partial charge >= 0.3 is 0 Å². The standard InChI is InChI=1S/C30H31ClN4O6S/c1-20-15-22(21(2)35(20)25-8-6-7-23(31)16-25)18-32-33-30(36)19-34(24-9-11-26(39-3)12-10-24)42(37,38)27-13-14-28(40-4)29(17-27)41-5/h6-18H,19H2,1-5H3,(H,33,36)/b32-18+. The van der Waals surface area contributed by atoms with Crippen LogP contribution in [0.2, 0.25) is 5.02 Å². The summed E-state index contributed by atoms with van der Waals surface area (Å²) in [5.74, 6) is 0.494. The van der Waals surface area contributed by atoms with Crippen LogP contribution in [-0.2, 0) is 14.8 Å². The molecule has 0 aliphatic heterocycles. The maximum atomic E-state index is 13.8. The molecule has 12 heteroatoms. The minimum absolute atomic E-state index is 0.0827. The van der Waals surface area contributed by atoms with E-state index in [1.54, 1.807) is 30.3 Å². The van der Waals surface area contributed by atoms with Gasteiger partial charge in [0.25, 0.3) is 15.9 Å². The van der Waals surface area contributed by atoms with Crippen molar-refractivity contribution in [2.24, 2.45) is 5.10 Å². The molecule has 0 spiro atoms. The zero-order valence-corrected chi connectivity index (χ0v) is 25.4. The van der Waals surface area contributed by atoms with Gasteiger partial charge < -0.3 is 18.8 Å². The number of ether oxygens (including phenoxy) is 3. The van der Waals surface area contributed by atoms with E-state index in [0.717, 1.165) is 26.9 Å². The van der Waals surface area contributed by atoms with E-state index in [9.17, 15) is 13.2 Å². The predicted octanol–water partition coefficient (Wildman–Crippen LogP) is 5.12. The maximum Gasteiger partial charge on any atom is 0.264 e. The molecule has 3 aromatic carbocycles. The fourth-order valence-corrected chi connectivity index (χ4v) is 6.06. The number of nitrogens with one attached hydrogen (secondary N) is 1. The minimum Gasteiger partial charge on any atom is -0.497 e. The third kappa shape index (κ3) is 6.53. The average Bonchev–Trinajstić information content (AvgIpc) is 3.27. The molecule has 4 aromatic rings.